The normalized spacial score (nSPS) is 12.4. The highest BCUT2D eigenvalue weighted by Gasteiger charge is 2.06. The van der Waals surface area contributed by atoms with E-state index in [-0.39, 0.29) is 6.04 Å². The summed E-state index contributed by atoms with van der Waals surface area (Å²) in [5.41, 5.74) is 8.80. The van der Waals surface area contributed by atoms with E-state index < -0.39 is 0 Å². The average molecular weight is 336 g/mol. The van der Waals surface area contributed by atoms with Gasteiger partial charge in [0.25, 0.3) is 0 Å². The monoisotopic (exact) mass is 335 g/mol. The van der Waals surface area contributed by atoms with E-state index in [9.17, 15) is 0 Å². The van der Waals surface area contributed by atoms with E-state index in [1.54, 1.807) is 11.8 Å². The largest absolute Gasteiger partial charge is 0.323 e. The van der Waals surface area contributed by atoms with Crippen molar-refractivity contribution < 1.29 is 0 Å². The van der Waals surface area contributed by atoms with Gasteiger partial charge in [0, 0.05) is 21.2 Å². The van der Waals surface area contributed by atoms with Crippen molar-refractivity contribution in [1.82, 2.24) is 0 Å². The summed E-state index contributed by atoms with van der Waals surface area (Å²) in [4.78, 5) is 1.25. The molecule has 2 aromatic rings. The molecule has 0 aliphatic rings. The molecule has 0 radical (unpaired) electrons. The van der Waals surface area contributed by atoms with Gasteiger partial charge in [-0.15, -0.1) is 11.8 Å². The van der Waals surface area contributed by atoms with Crippen LogP contribution in [-0.4, -0.2) is 5.75 Å². The minimum atomic E-state index is 0.0829. The predicted octanol–water partition coefficient (Wildman–Crippen LogP) is 4.80. The fourth-order valence-electron chi connectivity index (χ4n) is 1.81. The summed E-state index contributed by atoms with van der Waals surface area (Å²) in [6.07, 6.45) is 1.07. The van der Waals surface area contributed by atoms with Gasteiger partial charge in [0.05, 0.1) is 0 Å². The second-order valence-corrected chi connectivity index (χ2v) is 6.48. The smallest absolute Gasteiger partial charge is 0.0390 e. The summed E-state index contributed by atoms with van der Waals surface area (Å²) in [5.74, 6) is 0.896. The van der Waals surface area contributed by atoms with Crippen molar-refractivity contribution in [3.8, 4) is 0 Å². The third kappa shape index (κ3) is 4.37. The highest BCUT2D eigenvalue weighted by molar-refractivity contribution is 9.10. The first-order chi connectivity index (χ1) is 9.19. The maximum absolute atomic E-state index is 6.23. The Labute approximate surface area is 127 Å². The second kappa shape index (κ2) is 7.13. The van der Waals surface area contributed by atoms with Gasteiger partial charge >= 0.3 is 0 Å². The van der Waals surface area contributed by atoms with Gasteiger partial charge < -0.3 is 5.73 Å². The number of nitrogens with two attached hydrogens (primary N) is 1. The lowest BCUT2D eigenvalue weighted by Gasteiger charge is -2.12. The van der Waals surface area contributed by atoms with Gasteiger partial charge in [-0.1, -0.05) is 47.1 Å². The number of halogens is 1. The maximum atomic E-state index is 6.23. The molecular weight excluding hydrogens is 318 g/mol. The molecule has 3 heteroatoms. The van der Waals surface area contributed by atoms with Gasteiger partial charge in [0.2, 0.25) is 0 Å². The van der Waals surface area contributed by atoms with Gasteiger partial charge in [0.1, 0.15) is 0 Å². The minimum absolute atomic E-state index is 0.0829. The van der Waals surface area contributed by atoms with Gasteiger partial charge in [0.15, 0.2) is 0 Å². The molecular formula is C16H18BrNS. The molecule has 100 valence electrons. The molecule has 2 aromatic carbocycles. The summed E-state index contributed by atoms with van der Waals surface area (Å²) < 4.78 is 1.11. The Hall–Kier alpha value is -0.770. The second-order valence-electron chi connectivity index (χ2n) is 4.47. The molecule has 1 atom stereocenters. The third-order valence-corrected chi connectivity index (χ3v) is 4.72. The zero-order chi connectivity index (χ0) is 13.7. The summed E-state index contributed by atoms with van der Waals surface area (Å²) in [5, 5.41) is 0. The Kier molecular flexibility index (Phi) is 5.49. The molecule has 0 heterocycles. The fraction of sp³-hybridized carbons (Fsp3) is 0.250. The summed E-state index contributed by atoms with van der Waals surface area (Å²) in [6.45, 7) is 2.17. The lowest BCUT2D eigenvalue weighted by atomic mass is 10.1. The SMILES string of the molecule is CCc1ccc(C(N)CSc2ccc(Br)cc2)cc1. The molecule has 2 N–H and O–H groups in total. The van der Waals surface area contributed by atoms with Crippen molar-refractivity contribution >= 4 is 27.7 Å². The Morgan fingerprint density at radius 1 is 1.05 bits per heavy atom. The van der Waals surface area contributed by atoms with Crippen LogP contribution in [0.5, 0.6) is 0 Å². The Morgan fingerprint density at radius 2 is 1.68 bits per heavy atom. The third-order valence-electron chi connectivity index (χ3n) is 3.06. The average Bonchev–Trinajstić information content (AvgIpc) is 2.46. The summed E-state index contributed by atoms with van der Waals surface area (Å²) in [7, 11) is 0. The van der Waals surface area contributed by atoms with Crippen LogP contribution in [0.1, 0.15) is 24.1 Å². The maximum Gasteiger partial charge on any atom is 0.0390 e. The van der Waals surface area contributed by atoms with Crippen molar-refractivity contribution in [2.75, 3.05) is 5.75 Å². The van der Waals surface area contributed by atoms with Crippen LogP contribution < -0.4 is 5.73 Å². The number of aryl methyl sites for hydroxylation is 1. The summed E-state index contributed by atoms with van der Waals surface area (Å²) >= 11 is 5.24. The van der Waals surface area contributed by atoms with Gasteiger partial charge in [-0.05, 0) is 41.8 Å². The fourth-order valence-corrected chi connectivity index (χ4v) is 2.97. The highest BCUT2D eigenvalue weighted by Crippen LogP contribution is 2.25. The number of benzene rings is 2. The molecule has 0 spiro atoms. The molecule has 19 heavy (non-hydrogen) atoms. The Morgan fingerprint density at radius 3 is 2.26 bits per heavy atom. The van der Waals surface area contributed by atoms with Crippen LogP contribution in [0.15, 0.2) is 57.9 Å². The Bertz CT molecular complexity index is 507. The van der Waals surface area contributed by atoms with Crippen LogP contribution in [0.25, 0.3) is 0 Å². The zero-order valence-electron chi connectivity index (χ0n) is 11.0. The van der Waals surface area contributed by atoms with E-state index in [1.807, 2.05) is 0 Å². The van der Waals surface area contributed by atoms with E-state index >= 15 is 0 Å². The molecule has 0 aliphatic carbocycles. The van der Waals surface area contributed by atoms with E-state index in [0.717, 1.165) is 16.6 Å². The van der Waals surface area contributed by atoms with Crippen LogP contribution >= 0.6 is 27.7 Å². The van der Waals surface area contributed by atoms with Gasteiger partial charge in [-0.2, -0.15) is 0 Å². The van der Waals surface area contributed by atoms with E-state index in [4.69, 9.17) is 5.73 Å². The van der Waals surface area contributed by atoms with Crippen LogP contribution in [0, 0.1) is 0 Å². The minimum Gasteiger partial charge on any atom is -0.323 e. The van der Waals surface area contributed by atoms with E-state index in [2.05, 4.69) is 71.4 Å². The topological polar surface area (TPSA) is 26.0 Å². The first kappa shape index (κ1) is 14.6. The predicted molar refractivity (Wildman–Crippen MR) is 87.6 cm³/mol. The molecule has 0 aromatic heterocycles. The number of thioether (sulfide) groups is 1. The molecule has 2 rings (SSSR count). The van der Waals surface area contributed by atoms with Gasteiger partial charge in [-0.3, -0.25) is 0 Å². The summed E-state index contributed by atoms with van der Waals surface area (Å²) in [6, 6.07) is 17.0. The van der Waals surface area contributed by atoms with Gasteiger partial charge in [-0.25, -0.2) is 0 Å². The zero-order valence-corrected chi connectivity index (χ0v) is 13.4. The lowest BCUT2D eigenvalue weighted by Crippen LogP contribution is -2.12. The van der Waals surface area contributed by atoms with Crippen molar-refractivity contribution in [2.24, 2.45) is 5.73 Å². The quantitative estimate of drug-likeness (QED) is 0.794. The van der Waals surface area contributed by atoms with Crippen molar-refractivity contribution in [3.05, 3.63) is 64.1 Å². The number of hydrogen-bond donors (Lipinski definition) is 1. The number of hydrogen-bond acceptors (Lipinski definition) is 2. The highest BCUT2D eigenvalue weighted by atomic mass is 79.9. The number of rotatable bonds is 5. The van der Waals surface area contributed by atoms with Crippen LogP contribution in [0.2, 0.25) is 0 Å². The molecule has 1 unspecified atom stereocenters. The standard InChI is InChI=1S/C16H18BrNS/c1-2-12-3-5-13(6-4-12)16(18)11-19-15-9-7-14(17)8-10-15/h3-10,16H,2,11,18H2,1H3. The Balaban J connectivity index is 1.93. The first-order valence-electron chi connectivity index (χ1n) is 6.42. The molecule has 0 saturated heterocycles. The first-order valence-corrected chi connectivity index (χ1v) is 8.19. The molecule has 0 aliphatic heterocycles. The molecule has 1 nitrogen and oxygen atoms in total. The van der Waals surface area contributed by atoms with Crippen molar-refractivity contribution in [3.63, 3.8) is 0 Å². The molecule has 0 fully saturated rings. The van der Waals surface area contributed by atoms with Crippen LogP contribution in [-0.2, 0) is 6.42 Å². The molecule has 0 bridgehead atoms. The molecule has 0 saturated carbocycles. The lowest BCUT2D eigenvalue weighted by molar-refractivity contribution is 0.830. The van der Waals surface area contributed by atoms with Crippen molar-refractivity contribution in [2.45, 2.75) is 24.3 Å². The van der Waals surface area contributed by atoms with Crippen molar-refractivity contribution in [1.29, 1.82) is 0 Å². The van der Waals surface area contributed by atoms with E-state index in [0.29, 0.717) is 0 Å². The molecule has 0 amide bonds. The van der Waals surface area contributed by atoms with Crippen LogP contribution in [0.4, 0.5) is 0 Å². The van der Waals surface area contributed by atoms with Crippen LogP contribution in [0.3, 0.4) is 0 Å². The van der Waals surface area contributed by atoms with E-state index in [1.165, 1.54) is 16.0 Å².